The van der Waals surface area contributed by atoms with Gasteiger partial charge in [0.1, 0.15) is 0 Å². The lowest BCUT2D eigenvalue weighted by Gasteiger charge is -2.32. The Hall–Kier alpha value is -4.14. The van der Waals surface area contributed by atoms with Gasteiger partial charge in [-0.3, -0.25) is 0 Å². The fraction of sp³-hybridized carbons (Fsp3) is 0.0645. The van der Waals surface area contributed by atoms with Crippen molar-refractivity contribution in [2.75, 3.05) is 14.2 Å². The molecule has 0 unspecified atom stereocenters. The molecule has 0 radical (unpaired) electrons. The summed E-state index contributed by atoms with van der Waals surface area (Å²) < 4.78 is 10.6. The first-order chi connectivity index (χ1) is 17.6. The molecule has 0 saturated heterocycles. The third-order valence-corrected chi connectivity index (χ3v) is 10.2. The molecular formula is C31H27O4P. The zero-order valence-corrected chi connectivity index (χ0v) is 21.1. The smallest absolute Gasteiger partial charge is 0.339 e. The summed E-state index contributed by atoms with van der Waals surface area (Å²) in [4.78, 5) is 27.3. The topological polar surface area (TPSA) is 52.6 Å². The molecule has 4 aromatic rings. The van der Waals surface area contributed by atoms with Crippen molar-refractivity contribution in [2.45, 2.75) is 0 Å². The van der Waals surface area contributed by atoms with Crippen LogP contribution < -0.4 is 15.9 Å². The van der Waals surface area contributed by atoms with Gasteiger partial charge in [0.05, 0.1) is 25.1 Å². The minimum Gasteiger partial charge on any atom is -0.465 e. The predicted octanol–water partition coefficient (Wildman–Crippen LogP) is 4.58. The highest BCUT2D eigenvalue weighted by molar-refractivity contribution is 7.97. The van der Waals surface area contributed by atoms with E-state index in [1.807, 2.05) is 121 Å². The molecule has 5 heteroatoms. The molecule has 4 rings (SSSR count). The number of esters is 2. The second-order valence-electron chi connectivity index (χ2n) is 7.98. The molecule has 4 aromatic carbocycles. The Morgan fingerprint density at radius 2 is 0.917 bits per heavy atom. The quantitative estimate of drug-likeness (QED) is 0.214. The number of hydrogen-bond donors (Lipinski definition) is 0. The van der Waals surface area contributed by atoms with E-state index in [4.69, 9.17) is 9.47 Å². The van der Waals surface area contributed by atoms with Gasteiger partial charge in [-0.15, -0.1) is 0 Å². The SMILES string of the molecule is COC(=O)C(/C(=C\c1ccccc1)C(=O)OC)=P(c1ccccc1)(c1ccccc1)c1ccccc1. The maximum Gasteiger partial charge on any atom is 0.339 e. The number of methoxy groups -OCH3 is 2. The van der Waals surface area contributed by atoms with Crippen LogP contribution in [0, 0.1) is 0 Å². The lowest BCUT2D eigenvalue weighted by molar-refractivity contribution is -0.137. The Bertz CT molecular complexity index is 1310. The summed E-state index contributed by atoms with van der Waals surface area (Å²) in [5, 5.41) is 3.05. The van der Waals surface area contributed by atoms with Crippen LogP contribution in [0.15, 0.2) is 127 Å². The van der Waals surface area contributed by atoms with Gasteiger partial charge in [0, 0.05) is 0 Å². The summed E-state index contributed by atoms with van der Waals surface area (Å²) in [6.45, 7) is -2.92. The van der Waals surface area contributed by atoms with Gasteiger partial charge in [-0.25, -0.2) is 9.59 Å². The second-order valence-corrected chi connectivity index (χ2v) is 11.3. The van der Waals surface area contributed by atoms with Crippen LogP contribution in [0.2, 0.25) is 0 Å². The Morgan fingerprint density at radius 1 is 0.556 bits per heavy atom. The molecule has 0 aromatic heterocycles. The number of carbonyl (C=O) groups excluding carboxylic acids is 2. The summed E-state index contributed by atoms with van der Waals surface area (Å²) in [6.07, 6.45) is 1.71. The van der Waals surface area contributed by atoms with Crippen molar-refractivity contribution < 1.29 is 19.1 Å². The summed E-state index contributed by atoms with van der Waals surface area (Å²) >= 11 is 0. The van der Waals surface area contributed by atoms with Crippen molar-refractivity contribution in [1.29, 1.82) is 0 Å². The van der Waals surface area contributed by atoms with Crippen molar-refractivity contribution in [3.8, 4) is 0 Å². The van der Waals surface area contributed by atoms with E-state index in [1.165, 1.54) is 14.2 Å². The fourth-order valence-corrected chi connectivity index (χ4v) is 8.77. The molecule has 0 amide bonds. The molecule has 0 aliphatic heterocycles. The number of hydrogen-bond acceptors (Lipinski definition) is 4. The second kappa shape index (κ2) is 11.5. The maximum atomic E-state index is 13.9. The summed E-state index contributed by atoms with van der Waals surface area (Å²) in [7, 11) is 2.67. The number of benzene rings is 4. The Labute approximate surface area is 211 Å². The Balaban J connectivity index is 2.32. The highest BCUT2D eigenvalue weighted by Crippen LogP contribution is 2.48. The van der Waals surface area contributed by atoms with Crippen LogP contribution in [-0.2, 0) is 19.1 Å². The zero-order chi connectivity index (χ0) is 25.4. The first kappa shape index (κ1) is 25.0. The monoisotopic (exact) mass is 494 g/mol. The van der Waals surface area contributed by atoms with E-state index in [1.54, 1.807) is 6.08 Å². The number of carbonyl (C=O) groups is 2. The van der Waals surface area contributed by atoms with E-state index in [-0.39, 0.29) is 10.9 Å². The molecular weight excluding hydrogens is 467 g/mol. The van der Waals surface area contributed by atoms with Crippen LogP contribution in [-0.4, -0.2) is 31.5 Å². The van der Waals surface area contributed by atoms with Gasteiger partial charge in [-0.1, -0.05) is 121 Å². The van der Waals surface area contributed by atoms with Gasteiger partial charge < -0.3 is 9.47 Å². The van der Waals surface area contributed by atoms with Crippen LogP contribution in [0.5, 0.6) is 0 Å². The Morgan fingerprint density at radius 3 is 1.28 bits per heavy atom. The zero-order valence-electron chi connectivity index (χ0n) is 20.2. The minimum absolute atomic E-state index is 0.167. The van der Waals surface area contributed by atoms with Gasteiger partial charge in [-0.05, 0) is 34.4 Å². The first-order valence-electron chi connectivity index (χ1n) is 11.5. The van der Waals surface area contributed by atoms with E-state index < -0.39 is 18.8 Å². The average molecular weight is 495 g/mol. The molecule has 0 aliphatic carbocycles. The molecule has 0 spiro atoms. The number of rotatable bonds is 7. The highest BCUT2D eigenvalue weighted by Gasteiger charge is 2.37. The van der Waals surface area contributed by atoms with Crippen molar-refractivity contribution in [3.63, 3.8) is 0 Å². The number of ether oxygens (including phenoxy) is 2. The molecule has 0 aliphatic rings. The van der Waals surface area contributed by atoms with Gasteiger partial charge in [0.25, 0.3) is 0 Å². The molecule has 4 nitrogen and oxygen atoms in total. The van der Waals surface area contributed by atoms with Crippen LogP contribution >= 0.6 is 6.89 Å². The van der Waals surface area contributed by atoms with Crippen molar-refractivity contribution in [3.05, 3.63) is 132 Å². The Kier molecular flexibility index (Phi) is 7.99. The normalized spacial score (nSPS) is 11.4. The van der Waals surface area contributed by atoms with Crippen molar-refractivity contribution in [2.24, 2.45) is 0 Å². The van der Waals surface area contributed by atoms with Gasteiger partial charge >= 0.3 is 11.9 Å². The summed E-state index contributed by atoms with van der Waals surface area (Å²) in [5.74, 6) is -1.18. The molecule has 0 saturated carbocycles. The van der Waals surface area contributed by atoms with E-state index in [0.717, 1.165) is 21.5 Å². The van der Waals surface area contributed by atoms with Crippen LogP contribution in [0.4, 0.5) is 0 Å². The molecule has 0 N–H and O–H groups in total. The van der Waals surface area contributed by atoms with Gasteiger partial charge in [-0.2, -0.15) is 0 Å². The van der Waals surface area contributed by atoms with E-state index in [0.29, 0.717) is 0 Å². The lowest BCUT2D eigenvalue weighted by Crippen LogP contribution is -2.36. The van der Waals surface area contributed by atoms with E-state index in [2.05, 4.69) is 0 Å². The lowest BCUT2D eigenvalue weighted by atomic mass is 10.1. The summed E-state index contributed by atoms with van der Waals surface area (Å²) in [5.41, 5.74) is 0.937. The molecule has 0 atom stereocenters. The van der Waals surface area contributed by atoms with Gasteiger partial charge in [0.2, 0.25) is 0 Å². The first-order valence-corrected chi connectivity index (χ1v) is 13.3. The molecule has 0 bridgehead atoms. The third-order valence-electron chi connectivity index (χ3n) is 5.92. The molecule has 0 heterocycles. The van der Waals surface area contributed by atoms with E-state index >= 15 is 0 Å². The van der Waals surface area contributed by atoms with Crippen molar-refractivity contribution in [1.82, 2.24) is 0 Å². The standard InChI is InChI=1S/C31H27O4P/c1-34-30(32)28(23-24-15-7-3-8-16-24)29(31(33)35-2)36(25-17-9-4-10-18-25,26-19-11-5-12-20-26)27-21-13-6-14-22-27/h3-23H,1-2H3/b28-23+. The maximum absolute atomic E-state index is 13.9. The third kappa shape index (κ3) is 4.82. The van der Waals surface area contributed by atoms with Crippen LogP contribution in [0.1, 0.15) is 5.56 Å². The minimum atomic E-state index is -2.92. The highest BCUT2D eigenvalue weighted by atomic mass is 31.2. The molecule has 0 fully saturated rings. The van der Waals surface area contributed by atoms with Crippen LogP contribution in [0.3, 0.4) is 0 Å². The molecule has 36 heavy (non-hydrogen) atoms. The average Bonchev–Trinajstić information content (AvgIpc) is 2.96. The molecule has 180 valence electrons. The van der Waals surface area contributed by atoms with Gasteiger partial charge in [0.15, 0.2) is 0 Å². The predicted molar refractivity (Wildman–Crippen MR) is 149 cm³/mol. The summed E-state index contributed by atoms with van der Waals surface area (Å²) in [6, 6.07) is 39.0. The fourth-order valence-electron chi connectivity index (χ4n) is 4.36. The van der Waals surface area contributed by atoms with Crippen molar-refractivity contribution >= 4 is 46.1 Å². The van der Waals surface area contributed by atoms with Crippen LogP contribution in [0.25, 0.3) is 6.08 Å². The van der Waals surface area contributed by atoms with E-state index in [9.17, 15) is 9.59 Å². The largest absolute Gasteiger partial charge is 0.465 e.